The number of hydrogen-bond donors (Lipinski definition) is 2. The third-order valence-electron chi connectivity index (χ3n) is 5.54. The lowest BCUT2D eigenvalue weighted by molar-refractivity contribution is -0.153. The van der Waals surface area contributed by atoms with Gasteiger partial charge in [0, 0.05) is 18.1 Å². The number of allylic oxidation sites excluding steroid dienone is 2. The molecule has 2 saturated heterocycles. The van der Waals surface area contributed by atoms with Gasteiger partial charge in [0.15, 0.2) is 0 Å². The van der Waals surface area contributed by atoms with E-state index < -0.39 is 5.97 Å². The molecule has 0 spiro atoms. The lowest BCUT2D eigenvalue weighted by Crippen LogP contribution is -2.68. The first-order valence-electron chi connectivity index (χ1n) is 8.69. The number of hydrogen-bond acceptors (Lipinski definition) is 4. The van der Waals surface area contributed by atoms with Crippen molar-refractivity contribution in [2.75, 3.05) is 6.54 Å². The van der Waals surface area contributed by atoms with Crippen molar-refractivity contribution < 1.29 is 14.7 Å². The summed E-state index contributed by atoms with van der Waals surface area (Å²) in [5.41, 5.74) is 2.65. The Morgan fingerprint density at radius 2 is 2.15 bits per heavy atom. The number of benzene rings is 1. The number of carboxylic acid groups (broad SMARTS) is 1. The van der Waals surface area contributed by atoms with Gasteiger partial charge in [0.25, 0.3) is 0 Å². The highest BCUT2D eigenvalue weighted by Gasteiger charge is 2.59. The second-order valence-corrected chi connectivity index (χ2v) is 7.02. The molecule has 0 bridgehead atoms. The highest BCUT2D eigenvalue weighted by Crippen LogP contribution is 2.43. The number of pyridine rings is 1. The maximum atomic E-state index is 12.3. The molecule has 1 aromatic carbocycles. The van der Waals surface area contributed by atoms with Crippen molar-refractivity contribution in [2.24, 2.45) is 5.92 Å². The van der Waals surface area contributed by atoms with Crippen molar-refractivity contribution in [1.29, 1.82) is 0 Å². The van der Waals surface area contributed by atoms with Gasteiger partial charge in [-0.25, -0.2) is 4.79 Å². The summed E-state index contributed by atoms with van der Waals surface area (Å²) in [6.07, 6.45) is 6.14. The molecular weight excluding hydrogens is 330 g/mol. The zero-order chi connectivity index (χ0) is 17.8. The van der Waals surface area contributed by atoms with E-state index in [1.165, 1.54) is 4.90 Å². The Bertz CT molecular complexity index is 1010. The second-order valence-electron chi connectivity index (χ2n) is 7.02. The minimum atomic E-state index is -1.04. The zero-order valence-electron chi connectivity index (χ0n) is 13.9. The zero-order valence-corrected chi connectivity index (χ0v) is 13.9. The molecule has 2 fully saturated rings. The van der Waals surface area contributed by atoms with E-state index in [9.17, 15) is 14.7 Å². The van der Waals surface area contributed by atoms with Crippen molar-refractivity contribution in [2.45, 2.75) is 18.5 Å². The number of nitrogens with zero attached hydrogens (tertiary/aromatic N) is 2. The predicted octanol–water partition coefficient (Wildman–Crippen LogP) is 1.79. The quantitative estimate of drug-likeness (QED) is 0.827. The van der Waals surface area contributed by atoms with Gasteiger partial charge in [-0.2, -0.15) is 0 Å². The maximum Gasteiger partial charge on any atom is 0.352 e. The van der Waals surface area contributed by atoms with Crippen molar-refractivity contribution in [3.05, 3.63) is 59.4 Å². The normalized spacial score (nSPS) is 27.2. The van der Waals surface area contributed by atoms with Crippen LogP contribution >= 0.6 is 0 Å². The summed E-state index contributed by atoms with van der Waals surface area (Å²) in [6, 6.07) is 9.67. The van der Waals surface area contributed by atoms with Gasteiger partial charge >= 0.3 is 5.97 Å². The Kier molecular flexibility index (Phi) is 3.24. The number of carbonyl (C=O) groups is 2. The Morgan fingerprint density at radius 1 is 1.31 bits per heavy atom. The minimum absolute atomic E-state index is 0.00640. The van der Waals surface area contributed by atoms with Gasteiger partial charge in [0.1, 0.15) is 11.7 Å². The summed E-state index contributed by atoms with van der Waals surface area (Å²) in [6.45, 7) is 0.749. The van der Waals surface area contributed by atoms with E-state index in [1.807, 2.05) is 42.5 Å². The average molecular weight is 347 g/mol. The van der Waals surface area contributed by atoms with E-state index in [0.29, 0.717) is 12.0 Å². The molecule has 3 atom stereocenters. The Balaban J connectivity index is 1.52. The smallest absolute Gasteiger partial charge is 0.352 e. The number of fused-ring (bicyclic) bond motifs is 1. The van der Waals surface area contributed by atoms with Crippen molar-refractivity contribution in [3.8, 4) is 0 Å². The SMILES string of the molecule is O=C(O)C1=C(/C=C/c2cnc3ccccc3c2)C[C@@H]2CN[C@@H]3C(=O)N1[C@H]23. The highest BCUT2D eigenvalue weighted by atomic mass is 16.4. The maximum absolute atomic E-state index is 12.3. The molecule has 0 aliphatic carbocycles. The molecule has 6 heteroatoms. The Morgan fingerprint density at radius 3 is 3.00 bits per heavy atom. The van der Waals surface area contributed by atoms with Gasteiger partial charge in [-0.3, -0.25) is 14.7 Å². The van der Waals surface area contributed by atoms with Crippen LogP contribution in [0.4, 0.5) is 0 Å². The van der Waals surface area contributed by atoms with Gasteiger partial charge in [0.05, 0.1) is 11.6 Å². The second kappa shape index (κ2) is 5.51. The number of β-lactam (4-membered cyclic amide) rings is 1. The number of amides is 1. The molecule has 3 aliphatic heterocycles. The molecule has 1 amide bonds. The number of aliphatic carboxylic acids is 1. The van der Waals surface area contributed by atoms with Crippen LogP contribution in [0.5, 0.6) is 0 Å². The van der Waals surface area contributed by atoms with E-state index in [1.54, 1.807) is 6.20 Å². The van der Waals surface area contributed by atoms with Crippen LogP contribution in [0.25, 0.3) is 17.0 Å². The largest absolute Gasteiger partial charge is 0.477 e. The Labute approximate surface area is 149 Å². The van der Waals surface area contributed by atoms with Crippen LogP contribution in [0, 0.1) is 5.92 Å². The van der Waals surface area contributed by atoms with Crippen LogP contribution in [0.2, 0.25) is 0 Å². The fourth-order valence-corrected chi connectivity index (χ4v) is 4.35. The number of para-hydroxylation sites is 1. The fourth-order valence-electron chi connectivity index (χ4n) is 4.35. The summed E-state index contributed by atoms with van der Waals surface area (Å²) < 4.78 is 0. The molecule has 130 valence electrons. The molecule has 6 nitrogen and oxygen atoms in total. The molecule has 1 aromatic heterocycles. The molecule has 0 radical (unpaired) electrons. The fraction of sp³-hybridized carbons (Fsp3) is 0.250. The lowest BCUT2D eigenvalue weighted by atomic mass is 9.79. The van der Waals surface area contributed by atoms with Gasteiger partial charge in [0.2, 0.25) is 5.91 Å². The summed E-state index contributed by atoms with van der Waals surface area (Å²) in [5, 5.41) is 13.9. The van der Waals surface area contributed by atoms with Crippen LogP contribution in [-0.4, -0.2) is 45.5 Å². The van der Waals surface area contributed by atoms with Crippen molar-refractivity contribution >= 4 is 28.9 Å². The molecule has 26 heavy (non-hydrogen) atoms. The van der Waals surface area contributed by atoms with Gasteiger partial charge in [-0.1, -0.05) is 30.4 Å². The van der Waals surface area contributed by atoms with E-state index in [4.69, 9.17) is 0 Å². The van der Waals surface area contributed by atoms with Crippen LogP contribution < -0.4 is 5.32 Å². The molecule has 2 N–H and O–H groups in total. The number of aromatic nitrogens is 1. The molecule has 2 aromatic rings. The van der Waals surface area contributed by atoms with Gasteiger partial charge in [-0.15, -0.1) is 0 Å². The molecule has 4 heterocycles. The van der Waals surface area contributed by atoms with Crippen molar-refractivity contribution in [3.63, 3.8) is 0 Å². The molecule has 3 aliphatic rings. The van der Waals surface area contributed by atoms with Crippen LogP contribution in [0.15, 0.2) is 53.9 Å². The predicted molar refractivity (Wildman–Crippen MR) is 96.0 cm³/mol. The van der Waals surface area contributed by atoms with Crippen LogP contribution in [0.3, 0.4) is 0 Å². The summed E-state index contributed by atoms with van der Waals surface area (Å²) in [7, 11) is 0. The standard InChI is InChI=1S/C20H17N3O3/c24-19-16-17-14(10-22-16)8-13(18(20(25)26)23(17)19)6-5-11-7-12-3-1-2-4-15(12)21-9-11/h1-7,9,14,16-17,22H,8,10H2,(H,25,26)/b6-5+/t14-,16+,17-/m1/s1. The number of rotatable bonds is 3. The van der Waals surface area contributed by atoms with Gasteiger partial charge in [-0.05, 0) is 35.6 Å². The molecule has 0 unspecified atom stereocenters. The average Bonchev–Trinajstić information content (AvgIpc) is 3.05. The molecular formula is C20H17N3O3. The van der Waals surface area contributed by atoms with Gasteiger partial charge < -0.3 is 10.4 Å². The highest BCUT2D eigenvalue weighted by molar-refractivity contribution is 6.01. The van der Waals surface area contributed by atoms with E-state index in [-0.39, 0.29) is 29.6 Å². The number of carbonyl (C=O) groups excluding carboxylic acids is 1. The van der Waals surface area contributed by atoms with Crippen molar-refractivity contribution in [1.82, 2.24) is 15.2 Å². The first-order chi connectivity index (χ1) is 12.6. The lowest BCUT2D eigenvalue weighted by Gasteiger charge is -2.48. The minimum Gasteiger partial charge on any atom is -0.477 e. The number of nitrogens with one attached hydrogen (secondary N) is 1. The monoisotopic (exact) mass is 347 g/mol. The third-order valence-corrected chi connectivity index (χ3v) is 5.54. The first-order valence-corrected chi connectivity index (χ1v) is 8.69. The van der Waals surface area contributed by atoms with E-state index in [0.717, 1.165) is 23.0 Å². The van der Waals surface area contributed by atoms with Crippen LogP contribution in [-0.2, 0) is 9.59 Å². The summed E-state index contributed by atoms with van der Waals surface area (Å²) in [4.78, 5) is 30.0. The van der Waals surface area contributed by atoms with E-state index in [2.05, 4.69) is 10.3 Å². The molecule has 0 saturated carbocycles. The summed E-state index contributed by atoms with van der Waals surface area (Å²) in [5.74, 6) is -0.901. The summed E-state index contributed by atoms with van der Waals surface area (Å²) >= 11 is 0. The van der Waals surface area contributed by atoms with Crippen LogP contribution in [0.1, 0.15) is 12.0 Å². The van der Waals surface area contributed by atoms with E-state index >= 15 is 0 Å². The third kappa shape index (κ3) is 2.12. The first kappa shape index (κ1) is 15.3. The number of carboxylic acids is 1. The molecule has 5 rings (SSSR count). The topological polar surface area (TPSA) is 82.5 Å². The Hall–Kier alpha value is -2.99.